The molecule has 0 fully saturated rings. The zero-order valence-electron chi connectivity index (χ0n) is 10.6. The second-order valence-electron chi connectivity index (χ2n) is 4.64. The van der Waals surface area contributed by atoms with Gasteiger partial charge in [0, 0.05) is 18.4 Å². The maximum absolute atomic E-state index is 13.0. The highest BCUT2D eigenvalue weighted by Gasteiger charge is 2.10. The van der Waals surface area contributed by atoms with Gasteiger partial charge in [-0.05, 0) is 37.1 Å². The quantitative estimate of drug-likeness (QED) is 0.686. The van der Waals surface area contributed by atoms with Crippen LogP contribution < -0.4 is 0 Å². The first kappa shape index (κ1) is 14.7. The Morgan fingerprint density at radius 2 is 2.18 bits per heavy atom. The van der Waals surface area contributed by atoms with E-state index in [-0.39, 0.29) is 5.82 Å². The Morgan fingerprint density at radius 3 is 2.76 bits per heavy atom. The molecule has 17 heavy (non-hydrogen) atoms. The number of rotatable bonds is 7. The van der Waals surface area contributed by atoms with Gasteiger partial charge < -0.3 is 4.90 Å². The first-order chi connectivity index (χ1) is 8.15. The average molecular weight is 302 g/mol. The van der Waals surface area contributed by atoms with E-state index in [2.05, 4.69) is 34.8 Å². The standard InChI is InChI=1S/C14H21BrFN/c1-3-5-13(9-15)11-17(2)10-12-6-4-7-14(16)8-12/h4,6-8,13H,3,5,9-11H2,1-2H3. The zero-order chi connectivity index (χ0) is 12.7. The monoisotopic (exact) mass is 301 g/mol. The average Bonchev–Trinajstić information content (AvgIpc) is 2.28. The minimum atomic E-state index is -0.151. The summed E-state index contributed by atoms with van der Waals surface area (Å²) in [6, 6.07) is 6.84. The SMILES string of the molecule is CCCC(CBr)CN(C)Cc1cccc(F)c1. The van der Waals surface area contributed by atoms with E-state index in [1.807, 2.05) is 6.07 Å². The van der Waals surface area contributed by atoms with E-state index in [9.17, 15) is 4.39 Å². The van der Waals surface area contributed by atoms with Crippen LogP contribution in [0.5, 0.6) is 0 Å². The predicted molar refractivity (Wildman–Crippen MR) is 74.9 cm³/mol. The van der Waals surface area contributed by atoms with Gasteiger partial charge in [0.2, 0.25) is 0 Å². The first-order valence-corrected chi connectivity index (χ1v) is 7.26. The van der Waals surface area contributed by atoms with Gasteiger partial charge in [-0.2, -0.15) is 0 Å². The van der Waals surface area contributed by atoms with Gasteiger partial charge in [-0.3, -0.25) is 0 Å². The van der Waals surface area contributed by atoms with Crippen molar-refractivity contribution < 1.29 is 4.39 Å². The third kappa shape index (κ3) is 5.64. The Bertz CT molecular complexity index is 330. The Balaban J connectivity index is 2.45. The van der Waals surface area contributed by atoms with Crippen molar-refractivity contribution in [2.24, 2.45) is 5.92 Å². The lowest BCUT2D eigenvalue weighted by Gasteiger charge is -2.22. The lowest BCUT2D eigenvalue weighted by molar-refractivity contribution is 0.273. The number of nitrogens with zero attached hydrogens (tertiary/aromatic N) is 1. The highest BCUT2D eigenvalue weighted by molar-refractivity contribution is 9.09. The third-order valence-corrected chi connectivity index (χ3v) is 3.74. The van der Waals surface area contributed by atoms with E-state index >= 15 is 0 Å². The van der Waals surface area contributed by atoms with E-state index in [0.29, 0.717) is 5.92 Å². The van der Waals surface area contributed by atoms with E-state index in [4.69, 9.17) is 0 Å². The number of hydrogen-bond donors (Lipinski definition) is 0. The molecule has 0 aliphatic rings. The van der Waals surface area contributed by atoms with Crippen LogP contribution in [-0.2, 0) is 6.54 Å². The Hall–Kier alpha value is -0.410. The van der Waals surface area contributed by atoms with Crippen LogP contribution in [0.1, 0.15) is 25.3 Å². The van der Waals surface area contributed by atoms with Crippen molar-refractivity contribution in [2.45, 2.75) is 26.3 Å². The fraction of sp³-hybridized carbons (Fsp3) is 0.571. The molecule has 96 valence electrons. The molecule has 0 aromatic heterocycles. The van der Waals surface area contributed by atoms with Crippen LogP contribution in [0.2, 0.25) is 0 Å². The normalized spacial score (nSPS) is 13.0. The molecule has 1 atom stereocenters. The van der Waals surface area contributed by atoms with E-state index in [1.165, 1.54) is 18.9 Å². The summed E-state index contributed by atoms with van der Waals surface area (Å²) in [4.78, 5) is 2.26. The zero-order valence-corrected chi connectivity index (χ0v) is 12.2. The molecule has 0 aliphatic carbocycles. The molecule has 0 saturated heterocycles. The summed E-state index contributed by atoms with van der Waals surface area (Å²) < 4.78 is 13.0. The van der Waals surface area contributed by atoms with Crippen molar-refractivity contribution in [2.75, 3.05) is 18.9 Å². The number of halogens is 2. The van der Waals surface area contributed by atoms with Crippen molar-refractivity contribution in [3.8, 4) is 0 Å². The fourth-order valence-electron chi connectivity index (χ4n) is 2.08. The smallest absolute Gasteiger partial charge is 0.123 e. The van der Waals surface area contributed by atoms with Crippen molar-refractivity contribution in [1.29, 1.82) is 0 Å². The largest absolute Gasteiger partial charge is 0.302 e. The van der Waals surface area contributed by atoms with Crippen LogP contribution >= 0.6 is 15.9 Å². The highest BCUT2D eigenvalue weighted by atomic mass is 79.9. The molecule has 1 nitrogen and oxygen atoms in total. The molecule has 0 bridgehead atoms. The van der Waals surface area contributed by atoms with Crippen molar-refractivity contribution in [3.05, 3.63) is 35.6 Å². The Morgan fingerprint density at radius 1 is 1.41 bits per heavy atom. The minimum Gasteiger partial charge on any atom is -0.302 e. The molecule has 0 aliphatic heterocycles. The summed E-state index contributed by atoms with van der Waals surface area (Å²) in [5.41, 5.74) is 1.04. The maximum atomic E-state index is 13.0. The van der Waals surface area contributed by atoms with E-state index < -0.39 is 0 Å². The molecule has 1 aromatic carbocycles. The van der Waals surface area contributed by atoms with Crippen molar-refractivity contribution in [1.82, 2.24) is 4.90 Å². The fourth-order valence-corrected chi connectivity index (χ4v) is 2.61. The molecule has 0 spiro atoms. The Labute approximate surface area is 112 Å². The third-order valence-electron chi connectivity index (χ3n) is 2.83. The van der Waals surface area contributed by atoms with Crippen molar-refractivity contribution >= 4 is 15.9 Å². The second kappa shape index (κ2) is 7.83. The van der Waals surface area contributed by atoms with Gasteiger partial charge in [0.05, 0.1) is 0 Å². The van der Waals surface area contributed by atoms with Gasteiger partial charge in [-0.25, -0.2) is 4.39 Å². The summed E-state index contributed by atoms with van der Waals surface area (Å²) in [6.45, 7) is 4.07. The predicted octanol–water partition coefficient (Wildman–Crippen LogP) is 4.07. The van der Waals surface area contributed by atoms with Crippen LogP contribution in [0.3, 0.4) is 0 Å². The number of benzene rings is 1. The lowest BCUT2D eigenvalue weighted by atomic mass is 10.1. The minimum absolute atomic E-state index is 0.151. The number of alkyl halides is 1. The molecule has 0 N–H and O–H groups in total. The van der Waals surface area contributed by atoms with Crippen LogP contribution in [-0.4, -0.2) is 23.8 Å². The molecule has 0 amide bonds. The van der Waals surface area contributed by atoms with Gasteiger partial charge in [0.1, 0.15) is 5.82 Å². The highest BCUT2D eigenvalue weighted by Crippen LogP contribution is 2.13. The van der Waals surface area contributed by atoms with Gasteiger partial charge >= 0.3 is 0 Å². The summed E-state index contributed by atoms with van der Waals surface area (Å²) >= 11 is 3.56. The maximum Gasteiger partial charge on any atom is 0.123 e. The summed E-state index contributed by atoms with van der Waals surface area (Å²) in [7, 11) is 2.09. The molecular formula is C14H21BrFN. The summed E-state index contributed by atoms with van der Waals surface area (Å²) in [6.07, 6.45) is 2.45. The molecule has 1 aromatic rings. The summed E-state index contributed by atoms with van der Waals surface area (Å²) in [5, 5.41) is 1.04. The van der Waals surface area contributed by atoms with Crippen LogP contribution in [0, 0.1) is 11.7 Å². The molecule has 3 heteroatoms. The lowest BCUT2D eigenvalue weighted by Crippen LogP contribution is -2.26. The Kier molecular flexibility index (Phi) is 6.75. The van der Waals surface area contributed by atoms with Crippen LogP contribution in [0.25, 0.3) is 0 Å². The van der Waals surface area contributed by atoms with E-state index in [1.54, 1.807) is 12.1 Å². The molecule has 1 unspecified atom stereocenters. The van der Waals surface area contributed by atoms with Gasteiger partial charge in [0.25, 0.3) is 0 Å². The molecule has 0 saturated carbocycles. The molecule has 0 heterocycles. The number of hydrogen-bond acceptors (Lipinski definition) is 1. The van der Waals surface area contributed by atoms with Crippen LogP contribution in [0.15, 0.2) is 24.3 Å². The van der Waals surface area contributed by atoms with Crippen LogP contribution in [0.4, 0.5) is 4.39 Å². The van der Waals surface area contributed by atoms with E-state index in [0.717, 1.165) is 24.0 Å². The molecule has 0 radical (unpaired) electrons. The molecule has 1 rings (SSSR count). The first-order valence-electron chi connectivity index (χ1n) is 6.14. The van der Waals surface area contributed by atoms with Gasteiger partial charge in [-0.15, -0.1) is 0 Å². The topological polar surface area (TPSA) is 3.24 Å². The van der Waals surface area contributed by atoms with Gasteiger partial charge in [0.15, 0.2) is 0 Å². The van der Waals surface area contributed by atoms with Crippen molar-refractivity contribution in [3.63, 3.8) is 0 Å². The van der Waals surface area contributed by atoms with Gasteiger partial charge in [-0.1, -0.05) is 41.4 Å². The molecular weight excluding hydrogens is 281 g/mol. The summed E-state index contributed by atoms with van der Waals surface area (Å²) in [5.74, 6) is 0.528. The second-order valence-corrected chi connectivity index (χ2v) is 5.28.